The molecule has 0 saturated heterocycles. The van der Waals surface area contributed by atoms with Gasteiger partial charge in [-0.2, -0.15) is 0 Å². The SMILES string of the molecule is O=C(O)C=Cc1cnc(NCCOc2ccccc2Cl)cn1. The Labute approximate surface area is 132 Å². The summed E-state index contributed by atoms with van der Waals surface area (Å²) in [4.78, 5) is 18.6. The summed E-state index contributed by atoms with van der Waals surface area (Å²) in [6.07, 6.45) is 5.39. The van der Waals surface area contributed by atoms with Gasteiger partial charge >= 0.3 is 5.97 Å². The summed E-state index contributed by atoms with van der Waals surface area (Å²) < 4.78 is 5.53. The van der Waals surface area contributed by atoms with E-state index in [9.17, 15) is 4.79 Å². The van der Waals surface area contributed by atoms with Gasteiger partial charge in [0.1, 0.15) is 18.2 Å². The molecule has 0 saturated carbocycles. The van der Waals surface area contributed by atoms with Crippen LogP contribution in [0.3, 0.4) is 0 Å². The first kappa shape index (κ1) is 15.8. The van der Waals surface area contributed by atoms with Gasteiger partial charge in [-0.1, -0.05) is 23.7 Å². The van der Waals surface area contributed by atoms with Crippen molar-refractivity contribution in [3.8, 4) is 5.75 Å². The number of ether oxygens (including phenoxy) is 1. The molecule has 6 nitrogen and oxygen atoms in total. The number of nitrogens with one attached hydrogen (secondary N) is 1. The van der Waals surface area contributed by atoms with Crippen LogP contribution in [0.1, 0.15) is 5.69 Å². The van der Waals surface area contributed by atoms with Crippen LogP contribution in [0, 0.1) is 0 Å². The van der Waals surface area contributed by atoms with Gasteiger partial charge in [0.15, 0.2) is 0 Å². The van der Waals surface area contributed by atoms with Crippen molar-refractivity contribution in [1.29, 1.82) is 0 Å². The first-order valence-electron chi connectivity index (χ1n) is 6.49. The van der Waals surface area contributed by atoms with Gasteiger partial charge in [0.05, 0.1) is 29.7 Å². The molecule has 2 rings (SSSR count). The van der Waals surface area contributed by atoms with Crippen LogP contribution < -0.4 is 10.1 Å². The normalized spacial score (nSPS) is 10.6. The Balaban J connectivity index is 1.78. The van der Waals surface area contributed by atoms with Crippen LogP contribution in [0.4, 0.5) is 5.82 Å². The van der Waals surface area contributed by atoms with E-state index in [1.807, 2.05) is 12.1 Å². The Morgan fingerprint density at radius 1 is 1.32 bits per heavy atom. The van der Waals surface area contributed by atoms with Gasteiger partial charge in [-0.15, -0.1) is 0 Å². The molecule has 2 N–H and O–H groups in total. The lowest BCUT2D eigenvalue weighted by molar-refractivity contribution is -0.131. The van der Waals surface area contributed by atoms with Crippen LogP contribution in [0.15, 0.2) is 42.7 Å². The zero-order chi connectivity index (χ0) is 15.8. The number of hydrogen-bond donors (Lipinski definition) is 2. The number of rotatable bonds is 7. The quantitative estimate of drug-likeness (QED) is 0.603. The van der Waals surface area contributed by atoms with Gasteiger partial charge in [-0.25, -0.2) is 9.78 Å². The Bertz CT molecular complexity index is 659. The summed E-state index contributed by atoms with van der Waals surface area (Å²) >= 11 is 5.97. The highest BCUT2D eigenvalue weighted by Crippen LogP contribution is 2.22. The van der Waals surface area contributed by atoms with E-state index in [0.717, 1.165) is 6.08 Å². The number of benzene rings is 1. The molecule has 0 aliphatic rings. The maximum absolute atomic E-state index is 10.4. The van der Waals surface area contributed by atoms with E-state index in [-0.39, 0.29) is 0 Å². The van der Waals surface area contributed by atoms with E-state index in [0.29, 0.717) is 35.4 Å². The first-order valence-corrected chi connectivity index (χ1v) is 6.87. The molecular formula is C15H14ClN3O3. The molecule has 22 heavy (non-hydrogen) atoms. The number of para-hydroxylation sites is 1. The third kappa shape index (κ3) is 5.06. The van der Waals surface area contributed by atoms with Gasteiger partial charge in [0, 0.05) is 6.08 Å². The molecule has 0 radical (unpaired) electrons. The van der Waals surface area contributed by atoms with E-state index < -0.39 is 5.97 Å². The highest BCUT2D eigenvalue weighted by molar-refractivity contribution is 6.32. The van der Waals surface area contributed by atoms with Crippen LogP contribution in [0.2, 0.25) is 5.02 Å². The average molecular weight is 320 g/mol. The molecule has 7 heteroatoms. The molecule has 0 unspecified atom stereocenters. The number of hydrogen-bond acceptors (Lipinski definition) is 5. The molecule has 0 bridgehead atoms. The van der Waals surface area contributed by atoms with Crippen molar-refractivity contribution >= 4 is 29.5 Å². The molecule has 0 amide bonds. The minimum atomic E-state index is -1.03. The van der Waals surface area contributed by atoms with Crippen molar-refractivity contribution in [2.24, 2.45) is 0 Å². The Morgan fingerprint density at radius 2 is 2.14 bits per heavy atom. The maximum Gasteiger partial charge on any atom is 0.328 e. The van der Waals surface area contributed by atoms with Gasteiger partial charge in [0.25, 0.3) is 0 Å². The van der Waals surface area contributed by atoms with Gasteiger partial charge < -0.3 is 15.2 Å². The molecule has 1 aromatic carbocycles. The highest BCUT2D eigenvalue weighted by atomic mass is 35.5. The van der Waals surface area contributed by atoms with Crippen LogP contribution in [0.25, 0.3) is 6.08 Å². The number of nitrogens with zero attached hydrogens (tertiary/aromatic N) is 2. The number of anilines is 1. The minimum absolute atomic E-state index is 0.423. The topological polar surface area (TPSA) is 84.3 Å². The number of halogens is 1. The fourth-order valence-corrected chi connectivity index (χ4v) is 1.76. The average Bonchev–Trinajstić information content (AvgIpc) is 2.52. The summed E-state index contributed by atoms with van der Waals surface area (Å²) in [6.45, 7) is 0.955. The molecule has 1 aromatic heterocycles. The fourth-order valence-electron chi connectivity index (χ4n) is 1.57. The summed E-state index contributed by atoms with van der Waals surface area (Å²) in [5.41, 5.74) is 0.472. The fraction of sp³-hybridized carbons (Fsp3) is 0.133. The molecule has 2 aromatic rings. The first-order chi connectivity index (χ1) is 10.6. The van der Waals surface area contributed by atoms with Crippen molar-refractivity contribution in [1.82, 2.24) is 9.97 Å². The maximum atomic E-state index is 10.4. The minimum Gasteiger partial charge on any atom is -0.490 e. The van der Waals surface area contributed by atoms with E-state index in [2.05, 4.69) is 15.3 Å². The van der Waals surface area contributed by atoms with Gasteiger partial charge in [-0.05, 0) is 18.2 Å². The number of aromatic nitrogens is 2. The summed E-state index contributed by atoms with van der Waals surface area (Å²) in [7, 11) is 0. The lowest BCUT2D eigenvalue weighted by Gasteiger charge is -2.09. The summed E-state index contributed by atoms with van der Waals surface area (Å²) in [6, 6.07) is 7.25. The second-order valence-electron chi connectivity index (χ2n) is 4.20. The van der Waals surface area contributed by atoms with Gasteiger partial charge in [0.2, 0.25) is 0 Å². The molecule has 0 spiro atoms. The molecule has 0 fully saturated rings. The van der Waals surface area contributed by atoms with E-state index in [1.54, 1.807) is 12.1 Å². The Kier molecular flexibility index (Phi) is 5.73. The predicted molar refractivity (Wildman–Crippen MR) is 84.1 cm³/mol. The highest BCUT2D eigenvalue weighted by Gasteiger charge is 2.00. The molecule has 0 atom stereocenters. The summed E-state index contributed by atoms with van der Waals surface area (Å²) in [5, 5.41) is 12.1. The van der Waals surface area contributed by atoms with Crippen LogP contribution in [-0.4, -0.2) is 34.2 Å². The van der Waals surface area contributed by atoms with Crippen molar-refractivity contribution < 1.29 is 14.6 Å². The van der Waals surface area contributed by atoms with Crippen LogP contribution in [-0.2, 0) is 4.79 Å². The van der Waals surface area contributed by atoms with Crippen molar-refractivity contribution in [2.75, 3.05) is 18.5 Å². The van der Waals surface area contributed by atoms with Crippen molar-refractivity contribution in [3.05, 3.63) is 53.5 Å². The molecule has 114 valence electrons. The molecule has 1 heterocycles. The smallest absolute Gasteiger partial charge is 0.328 e. The Morgan fingerprint density at radius 3 is 2.82 bits per heavy atom. The second kappa shape index (κ2) is 7.99. The third-order valence-electron chi connectivity index (χ3n) is 2.57. The largest absolute Gasteiger partial charge is 0.490 e. The van der Waals surface area contributed by atoms with E-state index in [1.165, 1.54) is 18.5 Å². The molecular weight excluding hydrogens is 306 g/mol. The standard InChI is InChI=1S/C15H14ClN3O3/c16-12-3-1-2-4-13(12)22-8-7-17-14-10-18-11(9-19-14)5-6-15(20)21/h1-6,9-10H,7-8H2,(H,17,19)(H,20,21). The van der Waals surface area contributed by atoms with E-state index >= 15 is 0 Å². The van der Waals surface area contributed by atoms with Crippen LogP contribution in [0.5, 0.6) is 5.75 Å². The third-order valence-corrected chi connectivity index (χ3v) is 2.88. The van der Waals surface area contributed by atoms with E-state index in [4.69, 9.17) is 21.4 Å². The number of carbonyl (C=O) groups is 1. The lowest BCUT2D eigenvalue weighted by atomic mass is 10.3. The zero-order valence-corrected chi connectivity index (χ0v) is 12.3. The molecule has 0 aliphatic heterocycles. The Hall–Kier alpha value is -2.60. The van der Waals surface area contributed by atoms with Crippen molar-refractivity contribution in [2.45, 2.75) is 0 Å². The monoisotopic (exact) mass is 319 g/mol. The van der Waals surface area contributed by atoms with Crippen molar-refractivity contribution in [3.63, 3.8) is 0 Å². The lowest BCUT2D eigenvalue weighted by Crippen LogP contribution is -2.12. The second-order valence-corrected chi connectivity index (χ2v) is 4.61. The van der Waals surface area contributed by atoms with Crippen LogP contribution >= 0.6 is 11.6 Å². The zero-order valence-electron chi connectivity index (χ0n) is 11.6. The summed E-state index contributed by atoms with van der Waals surface area (Å²) in [5.74, 6) is 0.183. The number of carboxylic acid groups (broad SMARTS) is 1. The number of aliphatic carboxylic acids is 1. The van der Waals surface area contributed by atoms with Gasteiger partial charge in [-0.3, -0.25) is 4.98 Å². The predicted octanol–water partition coefficient (Wildman–Crippen LogP) is 2.72. The molecule has 0 aliphatic carbocycles. The number of carboxylic acids is 1.